The molecule has 1 aromatic rings. The number of likely N-dealkylation sites (tertiary alicyclic amines) is 1. The van der Waals surface area contributed by atoms with E-state index in [1.807, 2.05) is 18.5 Å². The van der Waals surface area contributed by atoms with E-state index in [0.717, 1.165) is 58.0 Å². The number of hydrogen-bond acceptors (Lipinski definition) is 6. The van der Waals surface area contributed by atoms with E-state index in [1.165, 1.54) is 12.8 Å². The van der Waals surface area contributed by atoms with Crippen LogP contribution >= 0.6 is 0 Å². The molecule has 3 fully saturated rings. The third-order valence-electron chi connectivity index (χ3n) is 6.32. The molecule has 3 aliphatic rings. The number of hydrogen-bond donors (Lipinski definition) is 1. The number of anilines is 1. The first kappa shape index (κ1) is 23.2. The number of halogens is 3. The van der Waals surface area contributed by atoms with Gasteiger partial charge in [-0.15, -0.1) is 0 Å². The molecule has 0 aromatic carbocycles. The second-order valence-corrected chi connectivity index (χ2v) is 8.22. The van der Waals surface area contributed by atoms with E-state index < -0.39 is 12.1 Å². The number of carbonyl (C=O) groups excluding carboxylic acids is 1. The van der Waals surface area contributed by atoms with Gasteiger partial charge in [-0.1, -0.05) is 0 Å². The largest absolute Gasteiger partial charge is 0.490 e. The van der Waals surface area contributed by atoms with E-state index in [2.05, 4.69) is 19.8 Å². The lowest BCUT2D eigenvalue weighted by molar-refractivity contribution is -0.192. The molecule has 1 amide bonds. The van der Waals surface area contributed by atoms with Crippen molar-refractivity contribution in [2.45, 2.75) is 38.3 Å². The first-order chi connectivity index (χ1) is 14.7. The van der Waals surface area contributed by atoms with Crippen molar-refractivity contribution >= 4 is 17.8 Å². The van der Waals surface area contributed by atoms with Crippen LogP contribution in [0.15, 0.2) is 18.5 Å². The summed E-state index contributed by atoms with van der Waals surface area (Å²) >= 11 is 0. The zero-order chi connectivity index (χ0) is 22.5. The molecule has 11 heteroatoms. The van der Waals surface area contributed by atoms with Gasteiger partial charge in [0.1, 0.15) is 0 Å². The van der Waals surface area contributed by atoms with E-state index in [-0.39, 0.29) is 5.92 Å². The normalized spacial score (nSPS) is 23.3. The number of carboxylic acids is 1. The lowest BCUT2D eigenvalue weighted by atomic mass is 9.71. The third kappa shape index (κ3) is 6.05. The van der Waals surface area contributed by atoms with Gasteiger partial charge in [-0.3, -0.25) is 4.79 Å². The molecule has 1 spiro atoms. The van der Waals surface area contributed by atoms with Gasteiger partial charge in [-0.25, -0.2) is 14.8 Å². The van der Waals surface area contributed by atoms with Gasteiger partial charge in [-0.05, 0) is 43.6 Å². The zero-order valence-corrected chi connectivity index (χ0v) is 17.2. The molecule has 31 heavy (non-hydrogen) atoms. The second kappa shape index (κ2) is 9.80. The summed E-state index contributed by atoms with van der Waals surface area (Å²) < 4.78 is 37.1. The maximum absolute atomic E-state index is 12.5. The van der Waals surface area contributed by atoms with Crippen molar-refractivity contribution in [2.24, 2.45) is 11.3 Å². The maximum atomic E-state index is 12.5. The summed E-state index contributed by atoms with van der Waals surface area (Å²) in [6.07, 6.45) is 4.06. The van der Waals surface area contributed by atoms with E-state index in [9.17, 15) is 18.0 Å². The highest BCUT2D eigenvalue weighted by molar-refractivity contribution is 5.79. The molecule has 4 rings (SSSR count). The van der Waals surface area contributed by atoms with E-state index in [4.69, 9.17) is 14.6 Å². The standard InChI is InChI=1S/C18H26N4O2.C2HF3O2/c23-16(15-2-13-24-14-15)21-9-3-18(4-10-21)5-11-22(12-6-18)17-19-7-1-8-20-17;3-2(4,5)1(6)7/h1,7-8,15H,2-6,9-14H2;(H,6,7). The Morgan fingerprint density at radius 2 is 1.61 bits per heavy atom. The van der Waals surface area contributed by atoms with Crippen molar-refractivity contribution in [1.29, 1.82) is 0 Å². The Balaban J connectivity index is 0.000000339. The van der Waals surface area contributed by atoms with Crippen molar-refractivity contribution in [1.82, 2.24) is 14.9 Å². The predicted molar refractivity (Wildman–Crippen MR) is 104 cm³/mol. The monoisotopic (exact) mass is 444 g/mol. The van der Waals surface area contributed by atoms with Gasteiger partial charge >= 0.3 is 12.1 Å². The fourth-order valence-corrected chi connectivity index (χ4v) is 4.32. The number of aromatic nitrogens is 2. The number of nitrogens with zero attached hydrogens (tertiary/aromatic N) is 4. The molecule has 1 N–H and O–H groups in total. The van der Waals surface area contributed by atoms with Crippen molar-refractivity contribution in [3.8, 4) is 0 Å². The van der Waals surface area contributed by atoms with Gasteiger partial charge in [0.2, 0.25) is 11.9 Å². The Morgan fingerprint density at radius 1 is 1.06 bits per heavy atom. The molecule has 0 radical (unpaired) electrons. The van der Waals surface area contributed by atoms with Crippen LogP contribution in [0.5, 0.6) is 0 Å². The zero-order valence-electron chi connectivity index (χ0n) is 17.2. The summed E-state index contributed by atoms with van der Waals surface area (Å²) in [4.78, 5) is 34.5. The SMILES string of the molecule is O=C(C1CCOC1)N1CCC2(CC1)CCN(c1ncccn1)CC2.O=C(O)C(F)(F)F. The topological polar surface area (TPSA) is 95.9 Å². The van der Waals surface area contributed by atoms with E-state index >= 15 is 0 Å². The first-order valence-electron chi connectivity index (χ1n) is 10.4. The second-order valence-electron chi connectivity index (χ2n) is 8.22. The fraction of sp³-hybridized carbons (Fsp3) is 0.700. The van der Waals surface area contributed by atoms with Crippen molar-refractivity contribution in [2.75, 3.05) is 44.3 Å². The van der Waals surface area contributed by atoms with Crippen LogP contribution in [0.3, 0.4) is 0 Å². The molecule has 3 saturated heterocycles. The summed E-state index contributed by atoms with van der Waals surface area (Å²) in [5.74, 6) is -1.48. The molecule has 3 aliphatic heterocycles. The highest BCUT2D eigenvalue weighted by atomic mass is 19.4. The quantitative estimate of drug-likeness (QED) is 0.748. The Hall–Kier alpha value is -2.43. The Bertz CT molecular complexity index is 739. The summed E-state index contributed by atoms with van der Waals surface area (Å²) in [7, 11) is 0. The van der Waals surface area contributed by atoms with Gasteiger partial charge in [-0.2, -0.15) is 13.2 Å². The molecular weight excluding hydrogens is 417 g/mol. The van der Waals surface area contributed by atoms with Crippen LogP contribution in [-0.2, 0) is 14.3 Å². The molecule has 1 unspecified atom stereocenters. The molecule has 4 heterocycles. The lowest BCUT2D eigenvalue weighted by Crippen LogP contribution is -2.49. The average molecular weight is 444 g/mol. The van der Waals surface area contributed by atoms with Crippen LogP contribution in [0, 0.1) is 11.3 Å². The fourth-order valence-electron chi connectivity index (χ4n) is 4.32. The van der Waals surface area contributed by atoms with Gasteiger partial charge < -0.3 is 19.6 Å². The van der Waals surface area contributed by atoms with Crippen LogP contribution < -0.4 is 4.90 Å². The molecule has 0 saturated carbocycles. The van der Waals surface area contributed by atoms with Crippen LogP contribution in [-0.4, -0.2) is 77.4 Å². The van der Waals surface area contributed by atoms with E-state index in [0.29, 0.717) is 17.9 Å². The summed E-state index contributed by atoms with van der Waals surface area (Å²) in [5, 5.41) is 7.12. The average Bonchev–Trinajstić information content (AvgIpc) is 3.30. The number of alkyl halides is 3. The third-order valence-corrected chi connectivity index (χ3v) is 6.32. The number of rotatable bonds is 2. The molecule has 8 nitrogen and oxygen atoms in total. The highest BCUT2D eigenvalue weighted by Crippen LogP contribution is 2.42. The molecule has 1 aromatic heterocycles. The van der Waals surface area contributed by atoms with E-state index in [1.54, 1.807) is 0 Å². The number of ether oxygens (including phenoxy) is 1. The molecule has 0 bridgehead atoms. The number of amides is 1. The van der Waals surface area contributed by atoms with Gasteiger partial charge in [0.15, 0.2) is 0 Å². The van der Waals surface area contributed by atoms with Gasteiger partial charge in [0, 0.05) is 45.2 Å². The van der Waals surface area contributed by atoms with Crippen LogP contribution in [0.2, 0.25) is 0 Å². The summed E-state index contributed by atoms with van der Waals surface area (Å²) in [6.45, 7) is 5.23. The van der Waals surface area contributed by atoms with Crippen LogP contribution in [0.4, 0.5) is 19.1 Å². The molecule has 0 aliphatic carbocycles. The molecule has 1 atom stereocenters. The summed E-state index contributed by atoms with van der Waals surface area (Å²) in [5.41, 5.74) is 0.411. The minimum atomic E-state index is -5.08. The first-order valence-corrected chi connectivity index (χ1v) is 10.4. The Kier molecular flexibility index (Phi) is 7.34. The predicted octanol–water partition coefficient (Wildman–Crippen LogP) is 2.36. The molecular formula is C20H27F3N4O4. The van der Waals surface area contributed by atoms with Crippen molar-refractivity contribution < 1.29 is 32.6 Å². The number of carbonyl (C=O) groups is 2. The van der Waals surface area contributed by atoms with Gasteiger partial charge in [0.25, 0.3) is 0 Å². The molecule has 172 valence electrons. The number of aliphatic carboxylic acids is 1. The van der Waals surface area contributed by atoms with Crippen molar-refractivity contribution in [3.05, 3.63) is 18.5 Å². The van der Waals surface area contributed by atoms with Crippen LogP contribution in [0.1, 0.15) is 32.1 Å². The van der Waals surface area contributed by atoms with Gasteiger partial charge in [0.05, 0.1) is 12.5 Å². The minimum absolute atomic E-state index is 0.108. The van der Waals surface area contributed by atoms with Crippen molar-refractivity contribution in [3.63, 3.8) is 0 Å². The Morgan fingerprint density at radius 3 is 2.10 bits per heavy atom. The highest BCUT2D eigenvalue weighted by Gasteiger charge is 2.40. The minimum Gasteiger partial charge on any atom is -0.475 e. The lowest BCUT2D eigenvalue weighted by Gasteiger charge is -2.47. The maximum Gasteiger partial charge on any atom is 0.490 e. The number of carboxylic acid groups (broad SMARTS) is 1. The number of piperidine rings is 2. The summed E-state index contributed by atoms with van der Waals surface area (Å²) in [6, 6.07) is 1.86. The Labute approximate surface area is 178 Å². The van der Waals surface area contributed by atoms with Crippen LogP contribution in [0.25, 0.3) is 0 Å². The smallest absolute Gasteiger partial charge is 0.475 e.